The fourth-order valence-corrected chi connectivity index (χ4v) is 3.17. The number of benzene rings is 2. The van der Waals surface area contributed by atoms with Crippen molar-refractivity contribution in [2.45, 2.75) is 32.4 Å². The lowest BCUT2D eigenvalue weighted by molar-refractivity contribution is 0.221. The number of carbonyl (C=O) groups excluding carboxylic acids is 1. The molecule has 5 heteroatoms. The molecule has 0 radical (unpaired) electrons. The largest absolute Gasteiger partial charge is 0.497 e. The number of likely N-dealkylation sites (tertiary alicyclic amines) is 1. The lowest BCUT2D eigenvalue weighted by Crippen LogP contribution is -2.29. The van der Waals surface area contributed by atoms with Gasteiger partial charge >= 0.3 is 6.03 Å². The lowest BCUT2D eigenvalue weighted by Gasteiger charge is -2.26. The molecule has 0 unspecified atom stereocenters. The Hall–Kier alpha value is -2.53. The Morgan fingerprint density at radius 1 is 0.962 bits per heavy atom. The van der Waals surface area contributed by atoms with E-state index in [1.54, 1.807) is 7.11 Å². The maximum atomic E-state index is 12.0. The van der Waals surface area contributed by atoms with Crippen molar-refractivity contribution >= 4 is 11.7 Å². The summed E-state index contributed by atoms with van der Waals surface area (Å²) in [5.41, 5.74) is 3.16. The summed E-state index contributed by atoms with van der Waals surface area (Å²) < 4.78 is 5.11. The summed E-state index contributed by atoms with van der Waals surface area (Å²) in [5.74, 6) is 0.764. The van der Waals surface area contributed by atoms with Crippen LogP contribution in [-0.2, 0) is 13.1 Å². The second-order valence-corrected chi connectivity index (χ2v) is 6.69. The molecule has 1 saturated heterocycles. The molecule has 2 amide bonds. The summed E-state index contributed by atoms with van der Waals surface area (Å²) in [7, 11) is 1.62. The Bertz CT molecular complexity index is 692. The molecule has 3 rings (SSSR count). The maximum Gasteiger partial charge on any atom is 0.319 e. The van der Waals surface area contributed by atoms with E-state index in [4.69, 9.17) is 4.74 Å². The fraction of sp³-hybridized carbons (Fsp3) is 0.381. The van der Waals surface area contributed by atoms with E-state index in [1.165, 1.54) is 37.9 Å². The molecule has 5 nitrogen and oxygen atoms in total. The minimum Gasteiger partial charge on any atom is -0.497 e. The summed E-state index contributed by atoms with van der Waals surface area (Å²) in [4.78, 5) is 14.5. The van der Waals surface area contributed by atoms with E-state index in [9.17, 15) is 4.79 Å². The molecule has 1 fully saturated rings. The molecule has 2 aromatic carbocycles. The van der Waals surface area contributed by atoms with Gasteiger partial charge in [-0.15, -0.1) is 0 Å². The van der Waals surface area contributed by atoms with E-state index in [0.717, 1.165) is 23.5 Å². The highest BCUT2D eigenvalue weighted by atomic mass is 16.5. The number of hydrogen-bond acceptors (Lipinski definition) is 3. The van der Waals surface area contributed by atoms with Crippen molar-refractivity contribution in [3.05, 3.63) is 59.7 Å². The molecule has 138 valence electrons. The summed E-state index contributed by atoms with van der Waals surface area (Å²) in [6, 6.07) is 15.5. The number of anilines is 1. The molecule has 0 saturated carbocycles. The number of rotatable bonds is 6. The van der Waals surface area contributed by atoms with Crippen LogP contribution in [0.25, 0.3) is 0 Å². The Labute approximate surface area is 155 Å². The number of ether oxygens (including phenoxy) is 1. The van der Waals surface area contributed by atoms with Crippen LogP contribution in [0.15, 0.2) is 48.5 Å². The molecule has 0 aromatic heterocycles. The minimum absolute atomic E-state index is 0.215. The van der Waals surface area contributed by atoms with Crippen LogP contribution in [0.4, 0.5) is 10.5 Å². The Morgan fingerprint density at radius 3 is 2.27 bits per heavy atom. The molecule has 26 heavy (non-hydrogen) atoms. The smallest absolute Gasteiger partial charge is 0.319 e. The molecule has 0 spiro atoms. The number of hydrogen-bond donors (Lipinski definition) is 2. The van der Waals surface area contributed by atoms with Gasteiger partial charge in [0.25, 0.3) is 0 Å². The zero-order valence-electron chi connectivity index (χ0n) is 15.3. The van der Waals surface area contributed by atoms with E-state index in [1.807, 2.05) is 24.3 Å². The normalized spacial score (nSPS) is 14.7. The van der Waals surface area contributed by atoms with Gasteiger partial charge < -0.3 is 15.4 Å². The number of nitrogens with zero attached hydrogens (tertiary/aromatic N) is 1. The number of urea groups is 1. The summed E-state index contributed by atoms with van der Waals surface area (Å²) in [6.07, 6.45) is 3.98. The van der Waals surface area contributed by atoms with Crippen molar-refractivity contribution in [2.75, 3.05) is 25.5 Å². The summed E-state index contributed by atoms with van der Waals surface area (Å²) in [5, 5.41) is 5.70. The number of amides is 2. The topological polar surface area (TPSA) is 53.6 Å². The highest BCUT2D eigenvalue weighted by Gasteiger charge is 2.10. The van der Waals surface area contributed by atoms with Gasteiger partial charge in [0.15, 0.2) is 0 Å². The monoisotopic (exact) mass is 353 g/mol. The van der Waals surface area contributed by atoms with Gasteiger partial charge in [-0.2, -0.15) is 0 Å². The first-order chi connectivity index (χ1) is 12.7. The highest BCUT2D eigenvalue weighted by molar-refractivity contribution is 5.89. The summed E-state index contributed by atoms with van der Waals surface area (Å²) >= 11 is 0. The molecule has 0 bridgehead atoms. The lowest BCUT2D eigenvalue weighted by atomic mass is 10.1. The first-order valence-electron chi connectivity index (χ1n) is 9.22. The maximum absolute atomic E-state index is 12.0. The fourth-order valence-electron chi connectivity index (χ4n) is 3.17. The van der Waals surface area contributed by atoms with E-state index in [0.29, 0.717) is 6.54 Å². The van der Waals surface area contributed by atoms with Crippen molar-refractivity contribution in [1.29, 1.82) is 0 Å². The van der Waals surface area contributed by atoms with Crippen LogP contribution in [0.5, 0.6) is 5.75 Å². The Kier molecular flexibility index (Phi) is 6.50. The van der Waals surface area contributed by atoms with Gasteiger partial charge in [0, 0.05) is 18.8 Å². The molecule has 2 N–H and O–H groups in total. The minimum atomic E-state index is -0.215. The third-order valence-electron chi connectivity index (χ3n) is 4.68. The van der Waals surface area contributed by atoms with E-state index < -0.39 is 0 Å². The molecule has 1 aliphatic heterocycles. The van der Waals surface area contributed by atoms with Gasteiger partial charge in [-0.25, -0.2) is 4.79 Å². The zero-order valence-corrected chi connectivity index (χ0v) is 15.3. The van der Waals surface area contributed by atoms with Crippen LogP contribution in [-0.4, -0.2) is 31.1 Å². The molecule has 1 aliphatic rings. The standard InChI is InChI=1S/C21H27N3O2/c1-26-20-11-9-19(10-12-20)23-21(25)22-15-17-5-7-18(8-6-17)16-24-13-3-2-4-14-24/h5-12H,2-4,13-16H2,1H3,(H2,22,23,25). The van der Waals surface area contributed by atoms with E-state index >= 15 is 0 Å². The number of piperidine rings is 1. The van der Waals surface area contributed by atoms with Crippen molar-refractivity contribution in [3.63, 3.8) is 0 Å². The van der Waals surface area contributed by atoms with Crippen LogP contribution in [0.3, 0.4) is 0 Å². The average Bonchev–Trinajstić information content (AvgIpc) is 2.69. The number of carbonyl (C=O) groups is 1. The van der Waals surface area contributed by atoms with Crippen LogP contribution >= 0.6 is 0 Å². The number of methoxy groups -OCH3 is 1. The van der Waals surface area contributed by atoms with Crippen molar-refractivity contribution in [3.8, 4) is 5.75 Å². The van der Waals surface area contributed by atoms with Gasteiger partial charge in [-0.1, -0.05) is 30.7 Å². The second kappa shape index (κ2) is 9.25. The quantitative estimate of drug-likeness (QED) is 0.825. The van der Waals surface area contributed by atoms with Gasteiger partial charge in [0.05, 0.1) is 7.11 Å². The zero-order chi connectivity index (χ0) is 18.2. The van der Waals surface area contributed by atoms with Crippen molar-refractivity contribution in [2.24, 2.45) is 0 Å². The van der Waals surface area contributed by atoms with Crippen LogP contribution < -0.4 is 15.4 Å². The molecular formula is C21H27N3O2. The molecular weight excluding hydrogens is 326 g/mol. The molecule has 0 aliphatic carbocycles. The first-order valence-corrected chi connectivity index (χ1v) is 9.22. The number of nitrogens with one attached hydrogen (secondary N) is 2. The average molecular weight is 353 g/mol. The third-order valence-corrected chi connectivity index (χ3v) is 4.68. The van der Waals surface area contributed by atoms with E-state index in [-0.39, 0.29) is 6.03 Å². The van der Waals surface area contributed by atoms with Crippen LogP contribution in [0.1, 0.15) is 30.4 Å². The van der Waals surface area contributed by atoms with Crippen LogP contribution in [0, 0.1) is 0 Å². The summed E-state index contributed by atoms with van der Waals surface area (Å²) in [6.45, 7) is 3.93. The van der Waals surface area contributed by atoms with Crippen LogP contribution in [0.2, 0.25) is 0 Å². The second-order valence-electron chi connectivity index (χ2n) is 6.69. The van der Waals surface area contributed by atoms with E-state index in [2.05, 4.69) is 39.8 Å². The Balaban J connectivity index is 1.44. The molecule has 0 atom stereocenters. The Morgan fingerprint density at radius 2 is 1.62 bits per heavy atom. The third kappa shape index (κ3) is 5.49. The van der Waals surface area contributed by atoms with Crippen molar-refractivity contribution < 1.29 is 9.53 Å². The van der Waals surface area contributed by atoms with Gasteiger partial charge in [-0.3, -0.25) is 4.90 Å². The predicted octanol–water partition coefficient (Wildman–Crippen LogP) is 4.00. The highest BCUT2D eigenvalue weighted by Crippen LogP contribution is 2.15. The van der Waals surface area contributed by atoms with Crippen molar-refractivity contribution in [1.82, 2.24) is 10.2 Å². The SMILES string of the molecule is COc1ccc(NC(=O)NCc2ccc(CN3CCCCC3)cc2)cc1. The first kappa shape index (κ1) is 18.3. The van der Waals surface area contributed by atoms with Gasteiger partial charge in [-0.05, 0) is 61.3 Å². The van der Waals surface area contributed by atoms with Gasteiger partial charge in [0.1, 0.15) is 5.75 Å². The molecule has 1 heterocycles. The molecule has 2 aromatic rings. The predicted molar refractivity (Wildman–Crippen MR) is 104 cm³/mol. The van der Waals surface area contributed by atoms with Gasteiger partial charge in [0.2, 0.25) is 0 Å².